The Kier molecular flexibility index (Phi) is 6.16. The number of hydrogen-bond acceptors (Lipinski definition) is 3. The molecule has 29 heavy (non-hydrogen) atoms. The van der Waals surface area contributed by atoms with E-state index in [-0.39, 0.29) is 11.9 Å². The average molecular weight is 427 g/mol. The number of benzene rings is 2. The molecule has 1 saturated carbocycles. The molecule has 1 aliphatic carbocycles. The summed E-state index contributed by atoms with van der Waals surface area (Å²) in [5.74, 6) is 0.747. The molecule has 2 fully saturated rings. The summed E-state index contributed by atoms with van der Waals surface area (Å²) in [5.41, 5.74) is 2.51. The van der Waals surface area contributed by atoms with Gasteiger partial charge in [0.15, 0.2) is 5.11 Å². The summed E-state index contributed by atoms with van der Waals surface area (Å²) in [5, 5.41) is 4.33. The lowest BCUT2D eigenvalue weighted by atomic mass is 9.94. The predicted molar refractivity (Wildman–Crippen MR) is 120 cm³/mol. The van der Waals surface area contributed by atoms with Crippen LogP contribution in [0, 0.1) is 0 Å². The highest BCUT2D eigenvalue weighted by molar-refractivity contribution is 7.80. The van der Waals surface area contributed by atoms with Gasteiger partial charge >= 0.3 is 0 Å². The van der Waals surface area contributed by atoms with Gasteiger partial charge in [0.25, 0.3) is 5.91 Å². The third kappa shape index (κ3) is 4.80. The monoisotopic (exact) mass is 426 g/mol. The number of carbonyl (C=O) groups excluding carboxylic acids is 1. The van der Waals surface area contributed by atoms with E-state index in [1.807, 2.05) is 54.6 Å². The second kappa shape index (κ2) is 8.97. The smallest absolute Gasteiger partial charge is 0.276 e. The first kappa shape index (κ1) is 19.9. The molecule has 0 radical (unpaired) electrons. The van der Waals surface area contributed by atoms with E-state index in [1.165, 1.54) is 6.42 Å². The van der Waals surface area contributed by atoms with Crippen molar-refractivity contribution in [2.45, 2.75) is 44.8 Å². The minimum atomic E-state index is -0.0232. The van der Waals surface area contributed by atoms with Crippen LogP contribution in [0.2, 0.25) is 5.02 Å². The van der Waals surface area contributed by atoms with Gasteiger partial charge in [-0.15, -0.1) is 0 Å². The maximum absolute atomic E-state index is 12.8. The molecule has 2 aromatic carbocycles. The van der Waals surface area contributed by atoms with E-state index >= 15 is 0 Å². The number of carbonyl (C=O) groups is 1. The van der Waals surface area contributed by atoms with Gasteiger partial charge in [-0.25, -0.2) is 0 Å². The van der Waals surface area contributed by atoms with Gasteiger partial charge in [-0.2, -0.15) is 0 Å². The quantitative estimate of drug-likeness (QED) is 0.519. The number of halogens is 1. The third-order valence-electron chi connectivity index (χ3n) is 5.36. The normalized spacial score (nSPS) is 18.9. The van der Waals surface area contributed by atoms with E-state index in [0.717, 1.165) is 42.6 Å². The van der Waals surface area contributed by atoms with Crippen LogP contribution >= 0.6 is 23.8 Å². The van der Waals surface area contributed by atoms with Crippen LogP contribution in [0.5, 0.6) is 5.75 Å². The highest BCUT2D eigenvalue weighted by Crippen LogP contribution is 2.27. The Balaban J connectivity index is 1.39. The van der Waals surface area contributed by atoms with Crippen LogP contribution in [0.3, 0.4) is 0 Å². The zero-order chi connectivity index (χ0) is 20.2. The van der Waals surface area contributed by atoms with E-state index in [0.29, 0.717) is 22.4 Å². The van der Waals surface area contributed by atoms with Crippen LogP contribution in [0.25, 0.3) is 6.08 Å². The molecule has 1 aliphatic heterocycles. The molecule has 0 atom stereocenters. The molecule has 0 unspecified atom stereocenters. The summed E-state index contributed by atoms with van der Waals surface area (Å²) in [6, 6.07) is 15.5. The van der Waals surface area contributed by atoms with Crippen molar-refractivity contribution in [3.05, 3.63) is 70.4 Å². The van der Waals surface area contributed by atoms with Gasteiger partial charge < -0.3 is 10.1 Å². The molecule has 2 aliphatic rings. The molecule has 1 heterocycles. The van der Waals surface area contributed by atoms with Crippen LogP contribution in [-0.2, 0) is 11.4 Å². The molecule has 0 bridgehead atoms. The second-order valence-corrected chi connectivity index (χ2v) is 8.26. The van der Waals surface area contributed by atoms with Crippen LogP contribution in [0.4, 0.5) is 0 Å². The van der Waals surface area contributed by atoms with Crippen molar-refractivity contribution in [3.8, 4) is 5.75 Å². The van der Waals surface area contributed by atoms with Crippen molar-refractivity contribution in [2.75, 3.05) is 0 Å². The maximum atomic E-state index is 12.8. The van der Waals surface area contributed by atoms with Crippen LogP contribution in [-0.4, -0.2) is 22.0 Å². The van der Waals surface area contributed by atoms with Gasteiger partial charge in [0.05, 0.1) is 0 Å². The van der Waals surface area contributed by atoms with Crippen LogP contribution in [0.15, 0.2) is 54.2 Å². The third-order valence-corrected chi connectivity index (χ3v) is 5.91. The molecule has 4 nitrogen and oxygen atoms in total. The Hall–Kier alpha value is -2.37. The van der Waals surface area contributed by atoms with Gasteiger partial charge in [0, 0.05) is 11.1 Å². The molecule has 0 aromatic heterocycles. The fraction of sp³-hybridized carbons (Fsp3) is 0.304. The Morgan fingerprint density at radius 1 is 1.07 bits per heavy atom. The van der Waals surface area contributed by atoms with Crippen molar-refractivity contribution in [1.82, 2.24) is 10.2 Å². The largest absolute Gasteiger partial charge is 0.489 e. The Labute approximate surface area is 181 Å². The summed E-state index contributed by atoms with van der Waals surface area (Å²) >= 11 is 11.3. The van der Waals surface area contributed by atoms with Gasteiger partial charge in [-0.05, 0) is 66.5 Å². The van der Waals surface area contributed by atoms with Crippen molar-refractivity contribution < 1.29 is 9.53 Å². The van der Waals surface area contributed by atoms with E-state index in [1.54, 1.807) is 4.90 Å². The van der Waals surface area contributed by atoms with E-state index in [9.17, 15) is 4.79 Å². The lowest BCUT2D eigenvalue weighted by Gasteiger charge is -2.29. The zero-order valence-corrected chi connectivity index (χ0v) is 17.6. The second-order valence-electron chi connectivity index (χ2n) is 7.44. The van der Waals surface area contributed by atoms with Crippen LogP contribution < -0.4 is 10.1 Å². The SMILES string of the molecule is O=C1/C(=C/c2ccc(OCc3ccc(Cl)cc3)cc2)NC(=S)N1C1CCCCC1. The number of nitrogens with zero attached hydrogens (tertiary/aromatic N) is 1. The standard InChI is InChI=1S/C23H23ClN2O2S/c24-18-10-6-17(7-11-18)15-28-20-12-8-16(9-13-20)14-21-22(27)26(23(29)25-21)19-4-2-1-3-5-19/h6-14,19H,1-5,15H2,(H,25,29)/b21-14-. The average Bonchev–Trinajstić information content (AvgIpc) is 3.02. The predicted octanol–water partition coefficient (Wildman–Crippen LogP) is 5.31. The van der Waals surface area contributed by atoms with Gasteiger partial charge in [-0.3, -0.25) is 9.69 Å². The molecule has 150 valence electrons. The van der Waals surface area contributed by atoms with E-state index in [2.05, 4.69) is 5.32 Å². The van der Waals surface area contributed by atoms with Crippen molar-refractivity contribution in [2.24, 2.45) is 0 Å². The minimum absolute atomic E-state index is 0.0232. The molecule has 4 rings (SSSR count). The molecule has 1 N–H and O–H groups in total. The number of thiocarbonyl (C=S) groups is 1. The van der Waals surface area contributed by atoms with Crippen molar-refractivity contribution >= 4 is 40.9 Å². The molecule has 0 spiro atoms. The highest BCUT2D eigenvalue weighted by Gasteiger charge is 2.36. The van der Waals surface area contributed by atoms with Gasteiger partial charge in [0.2, 0.25) is 0 Å². The maximum Gasteiger partial charge on any atom is 0.276 e. The molecule has 1 saturated heterocycles. The molecule has 2 aromatic rings. The summed E-state index contributed by atoms with van der Waals surface area (Å²) in [6.45, 7) is 0.474. The molecular weight excluding hydrogens is 404 g/mol. The number of amides is 1. The zero-order valence-electron chi connectivity index (χ0n) is 16.1. The molecule has 6 heteroatoms. The van der Waals surface area contributed by atoms with E-state index in [4.69, 9.17) is 28.6 Å². The number of nitrogens with one attached hydrogen (secondary N) is 1. The number of ether oxygens (including phenoxy) is 1. The Bertz CT molecular complexity index is 919. The fourth-order valence-corrected chi connectivity index (χ4v) is 4.26. The lowest BCUT2D eigenvalue weighted by Crippen LogP contribution is -2.41. The number of hydrogen-bond donors (Lipinski definition) is 1. The summed E-state index contributed by atoms with van der Waals surface area (Å²) in [6.07, 6.45) is 7.47. The fourth-order valence-electron chi connectivity index (χ4n) is 3.79. The molecular formula is C23H23ClN2O2S. The summed E-state index contributed by atoms with van der Waals surface area (Å²) < 4.78 is 5.82. The first-order valence-corrected chi connectivity index (χ1v) is 10.7. The summed E-state index contributed by atoms with van der Waals surface area (Å²) in [7, 11) is 0. The minimum Gasteiger partial charge on any atom is -0.489 e. The van der Waals surface area contributed by atoms with Crippen molar-refractivity contribution in [1.29, 1.82) is 0 Å². The lowest BCUT2D eigenvalue weighted by molar-refractivity contribution is -0.124. The van der Waals surface area contributed by atoms with E-state index < -0.39 is 0 Å². The van der Waals surface area contributed by atoms with Crippen LogP contribution in [0.1, 0.15) is 43.2 Å². The van der Waals surface area contributed by atoms with Gasteiger partial charge in [0.1, 0.15) is 18.1 Å². The van der Waals surface area contributed by atoms with Gasteiger partial charge in [-0.1, -0.05) is 55.1 Å². The molecule has 1 amide bonds. The number of rotatable bonds is 5. The Morgan fingerprint density at radius 2 is 1.76 bits per heavy atom. The topological polar surface area (TPSA) is 41.6 Å². The Morgan fingerprint density at radius 3 is 2.45 bits per heavy atom. The summed E-state index contributed by atoms with van der Waals surface area (Å²) in [4.78, 5) is 14.6. The van der Waals surface area contributed by atoms with Crippen molar-refractivity contribution in [3.63, 3.8) is 0 Å². The first-order valence-electron chi connectivity index (χ1n) is 9.94. The highest BCUT2D eigenvalue weighted by atomic mass is 35.5. The first-order chi connectivity index (χ1) is 14.1.